The molecule has 0 aliphatic carbocycles. The summed E-state index contributed by atoms with van der Waals surface area (Å²) < 4.78 is 42.9. The minimum atomic E-state index is -4.62. The first-order valence-corrected chi connectivity index (χ1v) is 8.00. The van der Waals surface area contributed by atoms with Gasteiger partial charge in [0.1, 0.15) is 0 Å². The fourth-order valence-corrected chi connectivity index (χ4v) is 2.34. The van der Waals surface area contributed by atoms with Gasteiger partial charge in [-0.2, -0.15) is 13.2 Å². The molecule has 148 valence electrons. The van der Waals surface area contributed by atoms with Gasteiger partial charge in [0.2, 0.25) is 0 Å². The first-order valence-electron chi connectivity index (χ1n) is 7.62. The second-order valence-electron chi connectivity index (χ2n) is 5.46. The number of esters is 1. The van der Waals surface area contributed by atoms with Gasteiger partial charge in [-0.3, -0.25) is 19.7 Å². The number of hydrogen-bond donors (Lipinski definition) is 1. The molecule has 28 heavy (non-hydrogen) atoms. The number of nitro benzene ring substituents is 1. The van der Waals surface area contributed by atoms with Crippen LogP contribution in [0.2, 0.25) is 5.02 Å². The summed E-state index contributed by atoms with van der Waals surface area (Å²) in [4.78, 5) is 33.9. The second kappa shape index (κ2) is 8.70. The van der Waals surface area contributed by atoms with E-state index in [1.165, 1.54) is 24.3 Å². The van der Waals surface area contributed by atoms with Crippen LogP contribution in [0.15, 0.2) is 42.5 Å². The van der Waals surface area contributed by atoms with Crippen molar-refractivity contribution >= 4 is 34.9 Å². The summed E-state index contributed by atoms with van der Waals surface area (Å²) >= 11 is 5.75. The third-order valence-corrected chi connectivity index (χ3v) is 3.78. The Bertz CT molecular complexity index is 918. The molecular formula is C17H12ClF3N2O5. The van der Waals surface area contributed by atoms with Gasteiger partial charge in [-0.25, -0.2) is 0 Å². The number of halogens is 4. The number of para-hydroxylation sites is 1. The number of rotatable bonds is 6. The number of nitrogens with one attached hydrogen (secondary N) is 1. The van der Waals surface area contributed by atoms with Crippen LogP contribution in [0.25, 0.3) is 0 Å². The number of alkyl halides is 3. The number of benzene rings is 2. The van der Waals surface area contributed by atoms with Crippen molar-refractivity contribution in [2.75, 3.05) is 11.9 Å². The number of anilines is 1. The Labute approximate surface area is 161 Å². The zero-order chi connectivity index (χ0) is 20.9. The molecule has 11 heteroatoms. The SMILES string of the molecule is O=C(COC(=O)Cc1ccccc1[N+](=O)[O-])Nc1cc(C(F)(F)F)ccc1Cl. The maximum absolute atomic E-state index is 12.7. The lowest BCUT2D eigenvalue weighted by molar-refractivity contribution is -0.385. The van der Waals surface area contributed by atoms with Crippen molar-refractivity contribution in [3.05, 3.63) is 68.7 Å². The van der Waals surface area contributed by atoms with E-state index in [0.717, 1.165) is 12.1 Å². The van der Waals surface area contributed by atoms with Crippen LogP contribution in [0, 0.1) is 10.1 Å². The van der Waals surface area contributed by atoms with E-state index < -0.39 is 41.6 Å². The normalized spacial score (nSPS) is 11.0. The number of nitro groups is 1. The van der Waals surface area contributed by atoms with Crippen molar-refractivity contribution in [1.29, 1.82) is 0 Å². The highest BCUT2D eigenvalue weighted by Crippen LogP contribution is 2.33. The largest absolute Gasteiger partial charge is 0.455 e. The lowest BCUT2D eigenvalue weighted by Gasteiger charge is -2.12. The zero-order valence-corrected chi connectivity index (χ0v) is 14.7. The average molecular weight is 417 g/mol. The minimum absolute atomic E-state index is 0.0961. The standard InChI is InChI=1S/C17H12ClF3N2O5/c18-12-6-5-11(17(19,20)21)8-13(12)22-15(24)9-28-16(25)7-10-3-1-2-4-14(10)23(26)27/h1-6,8H,7,9H2,(H,22,24). The molecule has 0 unspecified atom stereocenters. The Kier molecular flexibility index (Phi) is 6.57. The third kappa shape index (κ3) is 5.68. The lowest BCUT2D eigenvalue weighted by Crippen LogP contribution is -2.22. The van der Waals surface area contributed by atoms with Crippen molar-refractivity contribution in [2.24, 2.45) is 0 Å². The Balaban J connectivity index is 1.96. The molecule has 0 saturated heterocycles. The predicted molar refractivity (Wildman–Crippen MR) is 92.8 cm³/mol. The molecule has 0 spiro atoms. The van der Waals surface area contributed by atoms with Gasteiger partial charge in [0.15, 0.2) is 6.61 Å². The molecule has 0 aliphatic rings. The summed E-state index contributed by atoms with van der Waals surface area (Å²) in [6.45, 7) is -0.800. The minimum Gasteiger partial charge on any atom is -0.455 e. The van der Waals surface area contributed by atoms with E-state index in [-0.39, 0.29) is 22.0 Å². The maximum Gasteiger partial charge on any atom is 0.416 e. The molecule has 7 nitrogen and oxygen atoms in total. The number of hydrogen-bond acceptors (Lipinski definition) is 5. The monoisotopic (exact) mass is 416 g/mol. The first-order chi connectivity index (χ1) is 13.1. The molecule has 2 aromatic rings. The molecule has 0 bridgehead atoms. The van der Waals surface area contributed by atoms with Crippen LogP contribution in [-0.4, -0.2) is 23.4 Å². The summed E-state index contributed by atoms with van der Waals surface area (Å²) in [5, 5.41) is 12.9. The van der Waals surface area contributed by atoms with Crippen molar-refractivity contribution in [1.82, 2.24) is 0 Å². The summed E-state index contributed by atoms with van der Waals surface area (Å²) in [6, 6.07) is 7.88. The first kappa shape index (κ1) is 21.2. The van der Waals surface area contributed by atoms with E-state index >= 15 is 0 Å². The van der Waals surface area contributed by atoms with Crippen LogP contribution in [-0.2, 0) is 26.9 Å². The summed E-state index contributed by atoms with van der Waals surface area (Å²) in [7, 11) is 0. The van der Waals surface area contributed by atoms with Crippen molar-refractivity contribution in [2.45, 2.75) is 12.6 Å². The van der Waals surface area contributed by atoms with Crippen LogP contribution in [0.5, 0.6) is 0 Å². The number of nitrogens with zero attached hydrogens (tertiary/aromatic N) is 1. The van der Waals surface area contributed by atoms with Crippen LogP contribution in [0.1, 0.15) is 11.1 Å². The molecule has 0 aliphatic heterocycles. The Morgan fingerprint density at radius 1 is 1.18 bits per heavy atom. The number of carbonyl (C=O) groups excluding carboxylic acids is 2. The van der Waals surface area contributed by atoms with E-state index in [1.54, 1.807) is 0 Å². The molecule has 0 radical (unpaired) electrons. The Morgan fingerprint density at radius 3 is 2.50 bits per heavy atom. The highest BCUT2D eigenvalue weighted by Gasteiger charge is 2.31. The van der Waals surface area contributed by atoms with Crippen molar-refractivity contribution in [3.8, 4) is 0 Å². The fraction of sp³-hybridized carbons (Fsp3) is 0.176. The van der Waals surface area contributed by atoms with Crippen molar-refractivity contribution in [3.63, 3.8) is 0 Å². The number of amides is 1. The van der Waals surface area contributed by atoms with Crippen LogP contribution in [0.3, 0.4) is 0 Å². The fourth-order valence-electron chi connectivity index (χ4n) is 2.17. The van der Waals surface area contributed by atoms with Crippen molar-refractivity contribution < 1.29 is 32.4 Å². The highest BCUT2D eigenvalue weighted by molar-refractivity contribution is 6.33. The summed E-state index contributed by atoms with van der Waals surface area (Å²) in [5.41, 5.74) is -1.49. The Hall–Kier alpha value is -3.14. The average Bonchev–Trinajstić information content (AvgIpc) is 2.61. The van der Waals surface area contributed by atoms with E-state index in [2.05, 4.69) is 5.32 Å². The summed E-state index contributed by atoms with van der Waals surface area (Å²) in [6.07, 6.45) is -5.07. The molecule has 0 saturated carbocycles. The molecule has 2 rings (SSSR count). The van der Waals surface area contributed by atoms with E-state index in [0.29, 0.717) is 6.07 Å². The highest BCUT2D eigenvalue weighted by atomic mass is 35.5. The van der Waals surface area contributed by atoms with Gasteiger partial charge in [0.25, 0.3) is 11.6 Å². The summed E-state index contributed by atoms with van der Waals surface area (Å²) in [5.74, 6) is -1.84. The molecule has 1 amide bonds. The Morgan fingerprint density at radius 2 is 1.86 bits per heavy atom. The third-order valence-electron chi connectivity index (χ3n) is 3.46. The molecule has 1 N–H and O–H groups in total. The van der Waals surface area contributed by atoms with Gasteiger partial charge in [-0.15, -0.1) is 0 Å². The molecule has 0 heterocycles. The topological polar surface area (TPSA) is 98.5 Å². The molecular weight excluding hydrogens is 405 g/mol. The van der Waals surface area contributed by atoms with Gasteiger partial charge in [0.05, 0.1) is 27.6 Å². The van der Waals surface area contributed by atoms with Gasteiger partial charge >= 0.3 is 12.1 Å². The maximum atomic E-state index is 12.7. The predicted octanol–water partition coefficient (Wildman–Crippen LogP) is 3.99. The van der Waals surface area contributed by atoms with E-state index in [1.807, 2.05) is 0 Å². The molecule has 2 aromatic carbocycles. The molecule has 0 atom stereocenters. The van der Waals surface area contributed by atoms with Gasteiger partial charge in [-0.05, 0) is 18.2 Å². The van der Waals surface area contributed by atoms with Crippen LogP contribution >= 0.6 is 11.6 Å². The quantitative estimate of drug-likeness (QED) is 0.436. The molecule has 0 fully saturated rings. The zero-order valence-electron chi connectivity index (χ0n) is 14.0. The van der Waals surface area contributed by atoms with Crippen LogP contribution in [0.4, 0.5) is 24.5 Å². The number of carbonyl (C=O) groups is 2. The van der Waals surface area contributed by atoms with Gasteiger partial charge < -0.3 is 10.1 Å². The second-order valence-corrected chi connectivity index (χ2v) is 5.87. The number of ether oxygens (including phenoxy) is 1. The van der Waals surface area contributed by atoms with Gasteiger partial charge in [-0.1, -0.05) is 29.8 Å². The lowest BCUT2D eigenvalue weighted by atomic mass is 10.1. The molecule has 0 aromatic heterocycles. The van der Waals surface area contributed by atoms with Crippen LogP contribution < -0.4 is 5.32 Å². The smallest absolute Gasteiger partial charge is 0.416 e. The van der Waals surface area contributed by atoms with E-state index in [4.69, 9.17) is 16.3 Å². The van der Waals surface area contributed by atoms with Gasteiger partial charge in [0, 0.05) is 11.6 Å². The van der Waals surface area contributed by atoms with E-state index in [9.17, 15) is 32.9 Å².